The zero-order valence-corrected chi connectivity index (χ0v) is 11.7. The van der Waals surface area contributed by atoms with Crippen molar-refractivity contribution in [2.45, 2.75) is 4.90 Å². The van der Waals surface area contributed by atoms with Crippen molar-refractivity contribution in [3.8, 4) is 0 Å². The molecule has 7 heteroatoms. The third-order valence-electron chi connectivity index (χ3n) is 3.17. The number of anilines is 1. The molecule has 1 aromatic rings. The second kappa shape index (κ2) is 6.12. The van der Waals surface area contributed by atoms with E-state index >= 15 is 0 Å². The molecule has 0 aliphatic carbocycles. The van der Waals surface area contributed by atoms with Crippen LogP contribution >= 0.6 is 0 Å². The lowest BCUT2D eigenvalue weighted by atomic mass is 10.3. The highest BCUT2D eigenvalue weighted by atomic mass is 32.2. The maximum absolute atomic E-state index is 12.1. The van der Waals surface area contributed by atoms with Gasteiger partial charge in [0.25, 0.3) is 0 Å². The van der Waals surface area contributed by atoms with Gasteiger partial charge in [0.2, 0.25) is 5.91 Å². The van der Waals surface area contributed by atoms with Gasteiger partial charge in [-0.3, -0.25) is 14.0 Å². The molecule has 1 fully saturated rings. The van der Waals surface area contributed by atoms with Crippen LogP contribution < -0.4 is 5.73 Å². The van der Waals surface area contributed by atoms with E-state index in [1.807, 2.05) is 7.05 Å². The molecule has 0 saturated carbocycles. The number of nitrogens with two attached hydrogens (primary N) is 1. The van der Waals surface area contributed by atoms with Crippen LogP contribution in [-0.4, -0.2) is 63.9 Å². The van der Waals surface area contributed by atoms with Crippen LogP contribution in [0.25, 0.3) is 0 Å². The number of aromatic nitrogens is 1. The number of likely N-dealkylation sites (N-methyl/N-ethyl adjacent to an activating group) is 1. The van der Waals surface area contributed by atoms with Crippen LogP contribution in [-0.2, 0) is 15.6 Å². The summed E-state index contributed by atoms with van der Waals surface area (Å²) < 4.78 is 12.1. The number of hydrogen-bond donors (Lipinski definition) is 1. The number of carbonyl (C=O) groups excluding carboxylic acids is 1. The molecule has 1 saturated heterocycles. The summed E-state index contributed by atoms with van der Waals surface area (Å²) in [5.41, 5.74) is 6.07. The summed E-state index contributed by atoms with van der Waals surface area (Å²) in [5, 5.41) is 0. The highest BCUT2D eigenvalue weighted by Crippen LogP contribution is 2.14. The van der Waals surface area contributed by atoms with Crippen molar-refractivity contribution < 1.29 is 9.00 Å². The molecule has 19 heavy (non-hydrogen) atoms. The second-order valence-corrected chi connectivity index (χ2v) is 6.01. The van der Waals surface area contributed by atoms with E-state index in [0.29, 0.717) is 23.7 Å². The van der Waals surface area contributed by atoms with Crippen LogP contribution in [0.4, 0.5) is 5.69 Å². The third kappa shape index (κ3) is 3.51. The SMILES string of the molecule is CN1CCN(C(=O)CS(=O)c2ccncc2N)CC1. The highest BCUT2D eigenvalue weighted by molar-refractivity contribution is 7.86. The number of carbonyl (C=O) groups is 1. The van der Waals surface area contributed by atoms with Gasteiger partial charge in [0.15, 0.2) is 0 Å². The lowest BCUT2D eigenvalue weighted by molar-refractivity contribution is -0.129. The van der Waals surface area contributed by atoms with Crippen molar-refractivity contribution in [2.24, 2.45) is 0 Å². The van der Waals surface area contributed by atoms with Gasteiger partial charge in [-0.1, -0.05) is 0 Å². The Balaban J connectivity index is 1.96. The Morgan fingerprint density at radius 2 is 2.11 bits per heavy atom. The molecule has 2 rings (SSSR count). The monoisotopic (exact) mass is 282 g/mol. The zero-order valence-electron chi connectivity index (χ0n) is 10.9. The van der Waals surface area contributed by atoms with Crippen molar-refractivity contribution in [1.82, 2.24) is 14.8 Å². The van der Waals surface area contributed by atoms with Gasteiger partial charge < -0.3 is 15.5 Å². The van der Waals surface area contributed by atoms with Gasteiger partial charge in [-0.2, -0.15) is 0 Å². The Morgan fingerprint density at radius 1 is 1.42 bits per heavy atom. The Morgan fingerprint density at radius 3 is 2.74 bits per heavy atom. The number of amides is 1. The van der Waals surface area contributed by atoms with E-state index in [9.17, 15) is 9.00 Å². The second-order valence-electron chi connectivity index (χ2n) is 4.59. The van der Waals surface area contributed by atoms with Gasteiger partial charge in [-0.05, 0) is 13.1 Å². The summed E-state index contributed by atoms with van der Waals surface area (Å²) in [7, 11) is 0.620. The minimum absolute atomic E-state index is 0.0159. The van der Waals surface area contributed by atoms with Gasteiger partial charge in [-0.15, -0.1) is 0 Å². The van der Waals surface area contributed by atoms with Crippen LogP contribution in [0.3, 0.4) is 0 Å². The number of piperazine rings is 1. The molecule has 1 unspecified atom stereocenters. The first-order chi connectivity index (χ1) is 9.08. The van der Waals surface area contributed by atoms with E-state index in [1.165, 1.54) is 12.4 Å². The molecule has 0 bridgehead atoms. The predicted octanol–water partition coefficient (Wildman–Crippen LogP) is -0.455. The smallest absolute Gasteiger partial charge is 0.235 e. The standard InChI is InChI=1S/C12H18N4O2S/c1-15-4-6-16(7-5-15)12(17)9-19(18)11-2-3-14-8-10(11)13/h2-3,8H,4-7,9,13H2,1H3. The molecule has 0 spiro atoms. The molecule has 1 atom stereocenters. The number of hydrogen-bond acceptors (Lipinski definition) is 5. The van der Waals surface area contributed by atoms with Crippen molar-refractivity contribution in [3.05, 3.63) is 18.5 Å². The summed E-state index contributed by atoms with van der Waals surface area (Å²) in [6.07, 6.45) is 2.98. The van der Waals surface area contributed by atoms with E-state index in [-0.39, 0.29) is 11.7 Å². The molecule has 1 amide bonds. The molecule has 6 nitrogen and oxygen atoms in total. The molecule has 0 radical (unpaired) electrons. The Hall–Kier alpha value is -1.47. The zero-order chi connectivity index (χ0) is 13.8. The van der Waals surface area contributed by atoms with E-state index in [4.69, 9.17) is 5.73 Å². The van der Waals surface area contributed by atoms with Crippen LogP contribution in [0.2, 0.25) is 0 Å². The van der Waals surface area contributed by atoms with E-state index in [0.717, 1.165) is 13.1 Å². The average Bonchev–Trinajstić information content (AvgIpc) is 2.39. The molecule has 2 heterocycles. The first kappa shape index (κ1) is 14.0. The predicted molar refractivity (Wildman–Crippen MR) is 74.0 cm³/mol. The highest BCUT2D eigenvalue weighted by Gasteiger charge is 2.21. The van der Waals surface area contributed by atoms with E-state index in [1.54, 1.807) is 11.0 Å². The Labute approximate surface area is 115 Å². The van der Waals surface area contributed by atoms with Gasteiger partial charge in [0.1, 0.15) is 5.75 Å². The van der Waals surface area contributed by atoms with Crippen molar-refractivity contribution in [1.29, 1.82) is 0 Å². The molecule has 1 aliphatic rings. The minimum Gasteiger partial charge on any atom is -0.396 e. The Bertz CT molecular complexity index is 486. The molecular weight excluding hydrogens is 264 g/mol. The average molecular weight is 282 g/mol. The fourth-order valence-electron chi connectivity index (χ4n) is 1.94. The number of nitrogen functional groups attached to an aromatic ring is 1. The summed E-state index contributed by atoms with van der Waals surface area (Å²) >= 11 is 0. The van der Waals surface area contributed by atoms with Crippen LogP contribution in [0.5, 0.6) is 0 Å². The molecule has 0 aromatic carbocycles. The lowest BCUT2D eigenvalue weighted by Crippen LogP contribution is -2.48. The minimum atomic E-state index is -1.41. The molecular formula is C12H18N4O2S. The normalized spacial score (nSPS) is 18.3. The number of rotatable bonds is 3. The van der Waals surface area contributed by atoms with E-state index in [2.05, 4.69) is 9.88 Å². The fourth-order valence-corrected chi connectivity index (χ4v) is 3.03. The van der Waals surface area contributed by atoms with Crippen molar-refractivity contribution in [2.75, 3.05) is 44.7 Å². The molecule has 104 valence electrons. The molecule has 1 aromatic heterocycles. The van der Waals surface area contributed by atoms with E-state index < -0.39 is 10.8 Å². The number of nitrogens with zero attached hydrogens (tertiary/aromatic N) is 3. The molecule has 2 N–H and O–H groups in total. The van der Waals surface area contributed by atoms with Crippen molar-refractivity contribution >= 4 is 22.4 Å². The lowest BCUT2D eigenvalue weighted by Gasteiger charge is -2.32. The third-order valence-corrected chi connectivity index (χ3v) is 4.54. The summed E-state index contributed by atoms with van der Waals surface area (Å²) in [4.78, 5) is 20.3. The van der Waals surface area contributed by atoms with Gasteiger partial charge in [-0.25, -0.2) is 0 Å². The maximum atomic E-state index is 12.1. The van der Waals surface area contributed by atoms with Crippen LogP contribution in [0, 0.1) is 0 Å². The first-order valence-electron chi connectivity index (χ1n) is 6.12. The van der Waals surface area contributed by atoms with Gasteiger partial charge in [0.05, 0.1) is 27.6 Å². The van der Waals surface area contributed by atoms with Gasteiger partial charge in [0, 0.05) is 32.4 Å². The summed E-state index contributed by atoms with van der Waals surface area (Å²) in [5.74, 6) is -0.0968. The quantitative estimate of drug-likeness (QED) is 0.812. The number of pyridine rings is 1. The van der Waals surface area contributed by atoms with Crippen LogP contribution in [0.1, 0.15) is 0 Å². The Kier molecular flexibility index (Phi) is 4.49. The van der Waals surface area contributed by atoms with Crippen molar-refractivity contribution in [3.63, 3.8) is 0 Å². The topological polar surface area (TPSA) is 79.5 Å². The largest absolute Gasteiger partial charge is 0.396 e. The van der Waals surface area contributed by atoms with Gasteiger partial charge >= 0.3 is 0 Å². The first-order valence-corrected chi connectivity index (χ1v) is 7.44. The maximum Gasteiger partial charge on any atom is 0.235 e. The van der Waals surface area contributed by atoms with Crippen LogP contribution in [0.15, 0.2) is 23.4 Å². The summed E-state index contributed by atoms with van der Waals surface area (Å²) in [6, 6.07) is 1.60. The molecule has 1 aliphatic heterocycles. The summed E-state index contributed by atoms with van der Waals surface area (Å²) in [6.45, 7) is 3.10. The fraction of sp³-hybridized carbons (Fsp3) is 0.500.